The molecule has 2 heterocycles. The molecule has 1 amide bonds. The van der Waals surface area contributed by atoms with Gasteiger partial charge in [0.1, 0.15) is 10.1 Å². The van der Waals surface area contributed by atoms with Gasteiger partial charge in [-0.15, -0.1) is 33.4 Å². The molecule has 1 aliphatic carbocycles. The molecule has 1 fully saturated rings. The number of carbonyl (C=O) groups is 1. The van der Waals surface area contributed by atoms with Crippen molar-refractivity contribution in [1.29, 1.82) is 0 Å². The fourth-order valence-corrected chi connectivity index (χ4v) is 3.83. The lowest BCUT2D eigenvalue weighted by molar-refractivity contribution is -0.135. The van der Waals surface area contributed by atoms with E-state index in [0.717, 1.165) is 17.6 Å². The number of amides is 1. The largest absolute Gasteiger partial charge is 0.478 e. The number of alkyl halides is 2. The van der Waals surface area contributed by atoms with Gasteiger partial charge in [0.05, 0.1) is 6.04 Å². The van der Waals surface area contributed by atoms with Crippen LogP contribution in [0.5, 0.6) is 5.75 Å². The minimum absolute atomic E-state index is 0.148. The SMILES string of the molecule is C[C@H](NC(=O)C(C)(C)Oc1ccc([C@@H]2CC2(Cl)Cl)cc1)c1nnc2ccccn12. The van der Waals surface area contributed by atoms with Crippen LogP contribution in [0.3, 0.4) is 0 Å². The predicted octanol–water partition coefficient (Wildman–Crippen LogP) is 4.43. The molecule has 2 aromatic heterocycles. The molecule has 2 atom stereocenters. The molecule has 0 spiro atoms. The summed E-state index contributed by atoms with van der Waals surface area (Å²) in [4.78, 5) is 12.9. The molecule has 0 aliphatic heterocycles. The zero-order valence-corrected chi connectivity index (χ0v) is 17.9. The van der Waals surface area contributed by atoms with Gasteiger partial charge < -0.3 is 10.1 Å². The molecule has 6 nitrogen and oxygen atoms in total. The minimum atomic E-state index is -1.07. The maximum Gasteiger partial charge on any atom is 0.264 e. The van der Waals surface area contributed by atoms with Crippen LogP contribution in [0.25, 0.3) is 5.65 Å². The average Bonchev–Trinajstić information content (AvgIpc) is 3.11. The summed E-state index contributed by atoms with van der Waals surface area (Å²) in [5.41, 5.74) is 0.725. The first kappa shape index (κ1) is 20.0. The first-order chi connectivity index (χ1) is 13.7. The van der Waals surface area contributed by atoms with E-state index >= 15 is 0 Å². The topological polar surface area (TPSA) is 68.5 Å². The van der Waals surface area contributed by atoms with Crippen molar-refractivity contribution in [2.45, 2.75) is 49.1 Å². The Hall–Kier alpha value is -2.31. The lowest BCUT2D eigenvalue weighted by atomic mass is 10.1. The predicted molar refractivity (Wildman–Crippen MR) is 112 cm³/mol. The number of nitrogens with one attached hydrogen (secondary N) is 1. The van der Waals surface area contributed by atoms with Gasteiger partial charge in [-0.2, -0.15) is 0 Å². The molecule has 0 unspecified atom stereocenters. The number of benzene rings is 1. The molecule has 1 aromatic carbocycles. The first-order valence-electron chi connectivity index (χ1n) is 9.45. The summed E-state index contributed by atoms with van der Waals surface area (Å²) in [5.74, 6) is 1.16. The molecule has 1 aliphatic rings. The Balaban J connectivity index is 1.42. The van der Waals surface area contributed by atoms with E-state index in [1.54, 1.807) is 13.8 Å². The van der Waals surface area contributed by atoms with Gasteiger partial charge in [-0.25, -0.2) is 0 Å². The summed E-state index contributed by atoms with van der Waals surface area (Å²) in [7, 11) is 0. The van der Waals surface area contributed by atoms with Crippen LogP contribution in [0, 0.1) is 0 Å². The van der Waals surface area contributed by atoms with Gasteiger partial charge in [-0.1, -0.05) is 18.2 Å². The molecule has 0 saturated heterocycles. The van der Waals surface area contributed by atoms with Gasteiger partial charge in [-0.3, -0.25) is 9.20 Å². The molecule has 4 rings (SSSR count). The Morgan fingerprint density at radius 2 is 1.93 bits per heavy atom. The summed E-state index contributed by atoms with van der Waals surface area (Å²) in [6, 6.07) is 12.9. The van der Waals surface area contributed by atoms with E-state index in [2.05, 4.69) is 15.5 Å². The number of hydrogen-bond donors (Lipinski definition) is 1. The molecule has 1 saturated carbocycles. The van der Waals surface area contributed by atoms with E-state index in [9.17, 15) is 4.79 Å². The number of pyridine rings is 1. The first-order valence-corrected chi connectivity index (χ1v) is 10.2. The van der Waals surface area contributed by atoms with Crippen LogP contribution in [0.15, 0.2) is 48.7 Å². The molecule has 0 radical (unpaired) electrons. The highest BCUT2D eigenvalue weighted by Crippen LogP contribution is 2.59. The number of halogens is 2. The second-order valence-corrected chi connectivity index (χ2v) is 9.42. The second kappa shape index (κ2) is 7.18. The standard InChI is InChI=1S/C21H22Cl2N4O2/c1-13(18-26-25-17-6-4-5-11-27(17)18)24-19(28)20(2,3)29-15-9-7-14(8-10-15)16-12-21(16,22)23/h4-11,13,16H,12H2,1-3H3,(H,24,28)/t13-,16-/m0/s1. The van der Waals surface area contributed by atoms with Crippen LogP contribution < -0.4 is 10.1 Å². The Labute approximate surface area is 179 Å². The van der Waals surface area contributed by atoms with Gasteiger partial charge in [0.2, 0.25) is 0 Å². The van der Waals surface area contributed by atoms with Gasteiger partial charge >= 0.3 is 0 Å². The van der Waals surface area contributed by atoms with Crippen LogP contribution >= 0.6 is 23.2 Å². The number of nitrogens with zero attached hydrogens (tertiary/aromatic N) is 3. The van der Waals surface area contributed by atoms with E-state index in [-0.39, 0.29) is 17.9 Å². The number of fused-ring (bicyclic) bond motifs is 1. The third kappa shape index (κ3) is 4.05. The lowest BCUT2D eigenvalue weighted by Gasteiger charge is -2.27. The van der Waals surface area contributed by atoms with E-state index in [1.165, 1.54) is 0 Å². The quantitative estimate of drug-likeness (QED) is 0.585. The number of aromatic nitrogens is 3. The molecule has 1 N–H and O–H groups in total. The van der Waals surface area contributed by atoms with E-state index in [1.807, 2.05) is 60.0 Å². The maximum atomic E-state index is 12.9. The molecule has 152 valence electrons. The molecule has 3 aromatic rings. The van der Waals surface area contributed by atoms with Gasteiger partial charge in [-0.05, 0) is 57.0 Å². The molecule has 0 bridgehead atoms. The molecule has 8 heteroatoms. The van der Waals surface area contributed by atoms with Crippen LogP contribution in [0.2, 0.25) is 0 Å². The second-order valence-electron chi connectivity index (χ2n) is 7.88. The minimum Gasteiger partial charge on any atom is -0.478 e. The lowest BCUT2D eigenvalue weighted by Crippen LogP contribution is -2.47. The fraction of sp³-hybridized carbons (Fsp3) is 0.381. The van der Waals surface area contributed by atoms with Crippen molar-refractivity contribution < 1.29 is 9.53 Å². The number of carbonyl (C=O) groups excluding carboxylic acids is 1. The molecule has 29 heavy (non-hydrogen) atoms. The monoisotopic (exact) mass is 432 g/mol. The van der Waals surface area contributed by atoms with Crippen molar-refractivity contribution in [2.24, 2.45) is 0 Å². The smallest absolute Gasteiger partial charge is 0.264 e. The summed E-state index contributed by atoms with van der Waals surface area (Å²) < 4.78 is 7.14. The maximum absolute atomic E-state index is 12.9. The van der Waals surface area contributed by atoms with Gasteiger partial charge in [0.25, 0.3) is 5.91 Å². The summed E-state index contributed by atoms with van der Waals surface area (Å²) in [6.45, 7) is 5.33. The van der Waals surface area contributed by atoms with Crippen LogP contribution in [0.1, 0.15) is 50.5 Å². The van der Waals surface area contributed by atoms with Crippen molar-refractivity contribution >= 4 is 34.8 Å². The number of rotatable bonds is 6. The zero-order chi connectivity index (χ0) is 20.8. The van der Waals surface area contributed by atoms with E-state index in [4.69, 9.17) is 27.9 Å². The van der Waals surface area contributed by atoms with E-state index in [0.29, 0.717) is 11.6 Å². The third-order valence-corrected chi connectivity index (χ3v) is 5.94. The molecular weight excluding hydrogens is 411 g/mol. The summed E-state index contributed by atoms with van der Waals surface area (Å²) >= 11 is 12.3. The van der Waals surface area contributed by atoms with E-state index < -0.39 is 9.93 Å². The number of ether oxygens (including phenoxy) is 1. The van der Waals surface area contributed by atoms with Crippen molar-refractivity contribution in [1.82, 2.24) is 19.9 Å². The van der Waals surface area contributed by atoms with Crippen molar-refractivity contribution in [3.8, 4) is 5.75 Å². The number of hydrogen-bond acceptors (Lipinski definition) is 4. The zero-order valence-electron chi connectivity index (χ0n) is 16.4. The molecular formula is C21H22Cl2N4O2. The highest BCUT2D eigenvalue weighted by molar-refractivity contribution is 6.51. The van der Waals surface area contributed by atoms with Crippen LogP contribution in [-0.2, 0) is 4.79 Å². The normalized spacial score (nSPS) is 19.0. The Kier molecular flexibility index (Phi) is 4.95. The average molecular weight is 433 g/mol. The van der Waals surface area contributed by atoms with Crippen molar-refractivity contribution in [2.75, 3.05) is 0 Å². The van der Waals surface area contributed by atoms with Crippen LogP contribution in [0.4, 0.5) is 0 Å². The fourth-order valence-electron chi connectivity index (χ4n) is 3.27. The Bertz CT molecular complexity index is 1050. The Morgan fingerprint density at radius 1 is 1.24 bits per heavy atom. The van der Waals surface area contributed by atoms with Gasteiger partial charge in [0.15, 0.2) is 17.1 Å². The third-order valence-electron chi connectivity index (χ3n) is 5.10. The summed E-state index contributed by atoms with van der Waals surface area (Å²) in [6.07, 6.45) is 2.62. The highest BCUT2D eigenvalue weighted by atomic mass is 35.5. The Morgan fingerprint density at radius 3 is 2.59 bits per heavy atom. The van der Waals surface area contributed by atoms with Crippen molar-refractivity contribution in [3.05, 3.63) is 60.0 Å². The van der Waals surface area contributed by atoms with Crippen LogP contribution in [-0.4, -0.2) is 30.4 Å². The van der Waals surface area contributed by atoms with Crippen molar-refractivity contribution in [3.63, 3.8) is 0 Å². The highest BCUT2D eigenvalue weighted by Gasteiger charge is 2.52. The van der Waals surface area contributed by atoms with Gasteiger partial charge in [0, 0.05) is 12.1 Å². The summed E-state index contributed by atoms with van der Waals surface area (Å²) in [5, 5.41) is 11.3.